The van der Waals surface area contributed by atoms with Crippen molar-refractivity contribution in [3.63, 3.8) is 0 Å². The van der Waals surface area contributed by atoms with Gasteiger partial charge in [-0.05, 0) is 19.8 Å². The van der Waals surface area contributed by atoms with Crippen molar-refractivity contribution in [2.24, 2.45) is 0 Å². The topological polar surface area (TPSA) is 82.5 Å². The number of nitrogens with one attached hydrogen (secondary N) is 1. The predicted molar refractivity (Wildman–Crippen MR) is 66.4 cm³/mol. The van der Waals surface area contributed by atoms with Crippen molar-refractivity contribution < 1.29 is 14.7 Å². The summed E-state index contributed by atoms with van der Waals surface area (Å²) in [6.45, 7) is 2.33. The molecule has 0 bridgehead atoms. The van der Waals surface area contributed by atoms with Gasteiger partial charge in [-0.3, -0.25) is 0 Å². The molecule has 0 saturated carbocycles. The smallest absolute Gasteiger partial charge is 0.326 e. The van der Waals surface area contributed by atoms with Gasteiger partial charge < -0.3 is 15.3 Å². The normalized spacial score (nSPS) is 20.7. The molecule has 0 radical (unpaired) electrons. The maximum absolute atomic E-state index is 12.0. The fourth-order valence-corrected chi connectivity index (χ4v) is 2.69. The van der Waals surface area contributed by atoms with Crippen LogP contribution in [0.1, 0.15) is 30.8 Å². The Balaban J connectivity index is 1.97. The van der Waals surface area contributed by atoms with E-state index in [4.69, 9.17) is 5.11 Å². The molecule has 1 aliphatic rings. The Morgan fingerprint density at radius 2 is 2.44 bits per heavy atom. The number of amides is 2. The molecular formula is C11H15N3O3S. The average Bonchev–Trinajstić information content (AvgIpc) is 3.00. The number of hydrogen-bond donors (Lipinski definition) is 2. The zero-order valence-corrected chi connectivity index (χ0v) is 10.8. The predicted octanol–water partition coefficient (Wildman–Crippen LogP) is 1.46. The first-order valence-corrected chi connectivity index (χ1v) is 6.67. The molecule has 1 aromatic heterocycles. The number of aliphatic carboxylic acids is 1. The summed E-state index contributed by atoms with van der Waals surface area (Å²) in [6.07, 6.45) is 2.93. The van der Waals surface area contributed by atoms with Crippen molar-refractivity contribution in [1.82, 2.24) is 15.2 Å². The second kappa shape index (κ2) is 5.34. The highest BCUT2D eigenvalue weighted by Crippen LogP contribution is 2.20. The Morgan fingerprint density at radius 3 is 3.06 bits per heavy atom. The summed E-state index contributed by atoms with van der Waals surface area (Å²) in [4.78, 5) is 28.5. The third-order valence-corrected chi connectivity index (χ3v) is 3.92. The summed E-state index contributed by atoms with van der Waals surface area (Å²) in [5.41, 5.74) is 0. The van der Waals surface area contributed by atoms with Crippen LogP contribution < -0.4 is 5.32 Å². The van der Waals surface area contributed by atoms with Gasteiger partial charge in [0.05, 0.1) is 6.04 Å². The van der Waals surface area contributed by atoms with Gasteiger partial charge in [0.15, 0.2) is 0 Å². The first kappa shape index (κ1) is 12.8. The van der Waals surface area contributed by atoms with E-state index in [1.165, 1.54) is 16.2 Å². The van der Waals surface area contributed by atoms with Gasteiger partial charge in [-0.25, -0.2) is 14.6 Å². The van der Waals surface area contributed by atoms with Crippen LogP contribution in [0.3, 0.4) is 0 Å². The Labute approximate surface area is 109 Å². The lowest BCUT2D eigenvalue weighted by Crippen LogP contribution is -2.46. The molecule has 1 aromatic rings. The van der Waals surface area contributed by atoms with Crippen LogP contribution in [0, 0.1) is 0 Å². The van der Waals surface area contributed by atoms with Crippen LogP contribution in [0.2, 0.25) is 0 Å². The van der Waals surface area contributed by atoms with Crippen molar-refractivity contribution in [2.45, 2.75) is 31.8 Å². The molecule has 2 heterocycles. The van der Waals surface area contributed by atoms with Crippen LogP contribution in [0.5, 0.6) is 0 Å². The lowest BCUT2D eigenvalue weighted by Gasteiger charge is -2.23. The number of carboxylic acid groups (broad SMARTS) is 1. The largest absolute Gasteiger partial charge is 0.480 e. The van der Waals surface area contributed by atoms with E-state index < -0.39 is 12.0 Å². The van der Waals surface area contributed by atoms with E-state index in [2.05, 4.69) is 10.3 Å². The van der Waals surface area contributed by atoms with Gasteiger partial charge in [0.1, 0.15) is 11.0 Å². The number of hydrogen-bond acceptors (Lipinski definition) is 4. The third kappa shape index (κ3) is 2.61. The van der Waals surface area contributed by atoms with E-state index in [1.807, 2.05) is 12.3 Å². The Bertz CT molecular complexity index is 435. The van der Waals surface area contributed by atoms with Crippen LogP contribution in [0.15, 0.2) is 11.6 Å². The SMILES string of the molecule is CC(NC(=O)N1CCC[C@H]1C(=O)O)c1nccs1. The summed E-state index contributed by atoms with van der Waals surface area (Å²) in [6, 6.07) is -1.23. The molecular weight excluding hydrogens is 254 g/mol. The summed E-state index contributed by atoms with van der Waals surface area (Å²) in [5, 5.41) is 14.5. The molecule has 6 nitrogen and oxygen atoms in total. The number of nitrogens with zero attached hydrogens (tertiary/aromatic N) is 2. The minimum atomic E-state index is -0.940. The zero-order valence-electron chi connectivity index (χ0n) is 10.00. The average molecular weight is 269 g/mol. The quantitative estimate of drug-likeness (QED) is 0.870. The van der Waals surface area contributed by atoms with Crippen molar-refractivity contribution in [3.05, 3.63) is 16.6 Å². The number of carbonyl (C=O) groups excluding carboxylic acids is 1. The molecule has 2 atom stereocenters. The van der Waals surface area contributed by atoms with E-state index in [-0.39, 0.29) is 12.1 Å². The Morgan fingerprint density at radius 1 is 1.67 bits per heavy atom. The van der Waals surface area contributed by atoms with E-state index >= 15 is 0 Å². The molecule has 18 heavy (non-hydrogen) atoms. The summed E-state index contributed by atoms with van der Waals surface area (Å²) >= 11 is 1.46. The van der Waals surface area contributed by atoms with Gasteiger partial charge in [-0.15, -0.1) is 11.3 Å². The fraction of sp³-hybridized carbons (Fsp3) is 0.545. The molecule has 2 rings (SSSR count). The van der Waals surface area contributed by atoms with Gasteiger partial charge in [0.25, 0.3) is 0 Å². The van der Waals surface area contributed by atoms with E-state index in [0.717, 1.165) is 11.4 Å². The standard InChI is InChI=1S/C11H15N3O3S/c1-7(9-12-4-6-18-9)13-11(17)14-5-2-3-8(14)10(15)16/h4,6-8H,2-3,5H2,1H3,(H,13,17)(H,15,16)/t7?,8-/m0/s1. The number of likely N-dealkylation sites (tertiary alicyclic amines) is 1. The second-order valence-electron chi connectivity index (χ2n) is 4.23. The highest BCUT2D eigenvalue weighted by Gasteiger charge is 2.34. The van der Waals surface area contributed by atoms with Crippen molar-refractivity contribution in [1.29, 1.82) is 0 Å². The second-order valence-corrected chi connectivity index (χ2v) is 5.16. The molecule has 7 heteroatoms. The molecule has 0 spiro atoms. The van der Waals surface area contributed by atoms with E-state index in [1.54, 1.807) is 6.20 Å². The minimum absolute atomic E-state index is 0.201. The van der Waals surface area contributed by atoms with Gasteiger partial charge in [0, 0.05) is 18.1 Å². The van der Waals surface area contributed by atoms with Crippen LogP contribution in [0.25, 0.3) is 0 Å². The number of carboxylic acids is 1. The maximum atomic E-state index is 12.0. The fourth-order valence-electron chi connectivity index (χ4n) is 2.04. The molecule has 2 N–H and O–H groups in total. The first-order chi connectivity index (χ1) is 8.59. The molecule has 1 unspecified atom stereocenters. The van der Waals surface area contributed by atoms with E-state index in [0.29, 0.717) is 13.0 Å². The van der Waals surface area contributed by atoms with Crippen molar-refractivity contribution in [2.75, 3.05) is 6.54 Å². The zero-order chi connectivity index (χ0) is 13.1. The molecule has 98 valence electrons. The number of aromatic nitrogens is 1. The third-order valence-electron chi connectivity index (χ3n) is 2.96. The molecule has 2 amide bonds. The number of rotatable bonds is 3. The number of urea groups is 1. The molecule has 0 aromatic carbocycles. The van der Waals surface area contributed by atoms with Crippen LogP contribution >= 0.6 is 11.3 Å². The van der Waals surface area contributed by atoms with Gasteiger partial charge in [0.2, 0.25) is 0 Å². The molecule has 1 saturated heterocycles. The summed E-state index contributed by atoms with van der Waals surface area (Å²) < 4.78 is 0. The lowest BCUT2D eigenvalue weighted by atomic mass is 10.2. The molecule has 1 aliphatic heterocycles. The van der Waals surface area contributed by atoms with Gasteiger partial charge in [-0.1, -0.05) is 0 Å². The van der Waals surface area contributed by atoms with Crippen molar-refractivity contribution >= 4 is 23.3 Å². The summed E-state index contributed by atoms with van der Waals surface area (Å²) in [7, 11) is 0. The van der Waals surface area contributed by atoms with Gasteiger partial charge in [-0.2, -0.15) is 0 Å². The van der Waals surface area contributed by atoms with Crippen LogP contribution in [-0.4, -0.2) is 39.6 Å². The highest BCUT2D eigenvalue weighted by molar-refractivity contribution is 7.09. The monoisotopic (exact) mass is 269 g/mol. The minimum Gasteiger partial charge on any atom is -0.480 e. The lowest BCUT2D eigenvalue weighted by molar-refractivity contribution is -0.141. The van der Waals surface area contributed by atoms with Gasteiger partial charge >= 0.3 is 12.0 Å². The highest BCUT2D eigenvalue weighted by atomic mass is 32.1. The Hall–Kier alpha value is -1.63. The first-order valence-electron chi connectivity index (χ1n) is 5.79. The molecule has 1 fully saturated rings. The number of carbonyl (C=O) groups is 2. The van der Waals surface area contributed by atoms with Crippen molar-refractivity contribution in [3.8, 4) is 0 Å². The maximum Gasteiger partial charge on any atom is 0.326 e. The van der Waals surface area contributed by atoms with E-state index in [9.17, 15) is 9.59 Å². The summed E-state index contributed by atoms with van der Waals surface area (Å²) in [5.74, 6) is -0.940. The van der Waals surface area contributed by atoms with Crippen LogP contribution in [0.4, 0.5) is 4.79 Å². The van der Waals surface area contributed by atoms with Crippen LogP contribution in [-0.2, 0) is 4.79 Å². The number of thiazole rings is 1. The molecule has 0 aliphatic carbocycles. The Kier molecular flexibility index (Phi) is 3.81.